The van der Waals surface area contributed by atoms with E-state index in [9.17, 15) is 13.2 Å². The monoisotopic (exact) mass is 376 g/mol. The summed E-state index contributed by atoms with van der Waals surface area (Å²) < 4.78 is 28.3. The van der Waals surface area contributed by atoms with Gasteiger partial charge in [0.05, 0.1) is 4.90 Å². The number of carbonyl (C=O) groups is 1. The number of sulfonamides is 1. The topological polar surface area (TPSA) is 75.3 Å². The van der Waals surface area contributed by atoms with Gasteiger partial charge in [-0.3, -0.25) is 4.79 Å². The molecule has 4 rings (SSSR count). The predicted molar refractivity (Wildman–Crippen MR) is 101 cm³/mol. The van der Waals surface area contributed by atoms with Gasteiger partial charge >= 0.3 is 0 Å². The maximum absolute atomic E-state index is 12.7. The Hall–Kier alpha value is -1.40. The smallest absolute Gasteiger partial charge is 0.240 e. The fourth-order valence-electron chi connectivity index (χ4n) is 4.95. The van der Waals surface area contributed by atoms with E-state index in [1.54, 1.807) is 24.3 Å². The zero-order valence-corrected chi connectivity index (χ0v) is 16.3. The van der Waals surface area contributed by atoms with E-state index in [0.717, 1.165) is 18.8 Å². The van der Waals surface area contributed by atoms with Crippen LogP contribution in [0, 0.1) is 29.6 Å². The summed E-state index contributed by atoms with van der Waals surface area (Å²) in [5, 5.41) is 2.86. The lowest BCUT2D eigenvalue weighted by Crippen LogP contribution is -2.40. The van der Waals surface area contributed by atoms with E-state index >= 15 is 0 Å². The number of hydrogen-bond donors (Lipinski definition) is 2. The van der Waals surface area contributed by atoms with Crippen LogP contribution in [0.4, 0.5) is 5.69 Å². The van der Waals surface area contributed by atoms with Crippen molar-refractivity contribution in [1.29, 1.82) is 0 Å². The molecule has 2 bridgehead atoms. The first-order valence-corrected chi connectivity index (χ1v) is 11.2. The Balaban J connectivity index is 1.38. The quantitative estimate of drug-likeness (QED) is 0.799. The minimum absolute atomic E-state index is 0.0242. The number of rotatable bonds is 6. The fourth-order valence-corrected chi connectivity index (χ4v) is 6.24. The van der Waals surface area contributed by atoms with E-state index in [1.807, 2.05) is 6.92 Å². The maximum Gasteiger partial charge on any atom is 0.240 e. The van der Waals surface area contributed by atoms with Gasteiger partial charge in [-0.15, -0.1) is 0 Å². The molecule has 3 aliphatic rings. The Morgan fingerprint density at radius 2 is 1.81 bits per heavy atom. The Kier molecular flexibility index (Phi) is 4.59. The van der Waals surface area contributed by atoms with Crippen molar-refractivity contribution < 1.29 is 13.2 Å². The molecule has 1 aromatic carbocycles. The summed E-state index contributed by atoms with van der Waals surface area (Å²) in [6, 6.07) is 6.44. The molecule has 0 aromatic heterocycles. The van der Waals surface area contributed by atoms with Gasteiger partial charge in [0.15, 0.2) is 0 Å². The lowest BCUT2D eigenvalue weighted by Gasteiger charge is -2.28. The standard InChI is InChI=1S/C20H28N2O3S/c1-12-9-18(12)20(23)21-16-5-7-17(8-6-16)26(24,25)22-13(2)19-11-14-3-4-15(19)10-14/h5-8,12-15,18-19,22H,3-4,9-11H2,1-2H3,(H,21,23)/t12-,13+,14+,15+,18+,19+/m1/s1. The van der Waals surface area contributed by atoms with Crippen LogP contribution in [0.3, 0.4) is 0 Å². The maximum atomic E-state index is 12.7. The molecular weight excluding hydrogens is 348 g/mol. The highest BCUT2D eigenvalue weighted by atomic mass is 32.2. The Morgan fingerprint density at radius 3 is 2.35 bits per heavy atom. The van der Waals surface area contributed by atoms with Gasteiger partial charge < -0.3 is 5.32 Å². The molecule has 0 saturated heterocycles. The summed E-state index contributed by atoms with van der Waals surface area (Å²) in [5.74, 6) is 2.52. The van der Waals surface area contributed by atoms with Crippen LogP contribution in [-0.4, -0.2) is 20.4 Å². The van der Waals surface area contributed by atoms with Gasteiger partial charge in [0, 0.05) is 17.6 Å². The van der Waals surface area contributed by atoms with Gasteiger partial charge in [0.25, 0.3) is 0 Å². The van der Waals surface area contributed by atoms with Crippen molar-refractivity contribution >= 4 is 21.6 Å². The molecule has 0 unspecified atom stereocenters. The highest BCUT2D eigenvalue weighted by molar-refractivity contribution is 7.89. The highest BCUT2D eigenvalue weighted by Crippen LogP contribution is 2.49. The molecule has 3 aliphatic carbocycles. The zero-order chi connectivity index (χ0) is 18.5. The third kappa shape index (κ3) is 3.54. The molecule has 0 radical (unpaired) electrons. The molecule has 142 valence electrons. The van der Waals surface area contributed by atoms with Crippen molar-refractivity contribution in [2.75, 3.05) is 5.32 Å². The van der Waals surface area contributed by atoms with Crippen LogP contribution < -0.4 is 10.0 Å². The minimum Gasteiger partial charge on any atom is -0.326 e. The number of nitrogens with one attached hydrogen (secondary N) is 2. The molecule has 1 aromatic rings. The van der Waals surface area contributed by atoms with Gasteiger partial charge in [0.1, 0.15) is 0 Å². The van der Waals surface area contributed by atoms with Gasteiger partial charge in [-0.05, 0) is 80.5 Å². The van der Waals surface area contributed by atoms with Crippen LogP contribution in [0.2, 0.25) is 0 Å². The molecule has 2 N–H and O–H groups in total. The van der Waals surface area contributed by atoms with Crippen LogP contribution in [0.5, 0.6) is 0 Å². The zero-order valence-electron chi connectivity index (χ0n) is 15.4. The van der Waals surface area contributed by atoms with Gasteiger partial charge in [-0.2, -0.15) is 0 Å². The first kappa shape index (κ1) is 18.0. The second-order valence-electron chi connectivity index (χ2n) is 8.58. The Bertz CT molecular complexity index is 790. The lowest BCUT2D eigenvalue weighted by atomic mass is 9.84. The van der Waals surface area contributed by atoms with Gasteiger partial charge in [-0.25, -0.2) is 13.1 Å². The van der Waals surface area contributed by atoms with Crippen molar-refractivity contribution in [2.24, 2.45) is 29.6 Å². The number of hydrogen-bond acceptors (Lipinski definition) is 3. The molecule has 6 atom stereocenters. The van der Waals surface area contributed by atoms with E-state index in [2.05, 4.69) is 17.0 Å². The third-order valence-corrected chi connectivity index (χ3v) is 8.23. The summed E-state index contributed by atoms with van der Waals surface area (Å²) in [7, 11) is -3.53. The summed E-state index contributed by atoms with van der Waals surface area (Å²) in [6.07, 6.45) is 5.91. The molecule has 3 fully saturated rings. The molecule has 5 nitrogen and oxygen atoms in total. The minimum atomic E-state index is -3.53. The van der Waals surface area contributed by atoms with Crippen molar-refractivity contribution in [3.8, 4) is 0 Å². The highest BCUT2D eigenvalue weighted by Gasteiger charge is 2.42. The molecule has 0 heterocycles. The van der Waals surface area contributed by atoms with E-state index in [0.29, 0.717) is 23.4 Å². The van der Waals surface area contributed by atoms with Crippen LogP contribution >= 0.6 is 0 Å². The molecular formula is C20H28N2O3S. The number of amides is 1. The summed E-state index contributed by atoms with van der Waals surface area (Å²) >= 11 is 0. The summed E-state index contributed by atoms with van der Waals surface area (Å²) in [5.41, 5.74) is 0.647. The van der Waals surface area contributed by atoms with Gasteiger partial charge in [0.2, 0.25) is 15.9 Å². The van der Waals surface area contributed by atoms with Crippen LogP contribution in [-0.2, 0) is 14.8 Å². The van der Waals surface area contributed by atoms with E-state index in [-0.39, 0.29) is 22.8 Å². The first-order valence-electron chi connectivity index (χ1n) is 9.77. The average molecular weight is 377 g/mol. The number of anilines is 1. The van der Waals surface area contributed by atoms with E-state index in [4.69, 9.17) is 0 Å². The van der Waals surface area contributed by atoms with Crippen LogP contribution in [0.25, 0.3) is 0 Å². The van der Waals surface area contributed by atoms with Gasteiger partial charge in [-0.1, -0.05) is 13.3 Å². The van der Waals surface area contributed by atoms with Crippen molar-refractivity contribution in [3.63, 3.8) is 0 Å². The molecule has 0 spiro atoms. The normalized spacial score (nSPS) is 33.8. The molecule has 26 heavy (non-hydrogen) atoms. The summed E-state index contributed by atoms with van der Waals surface area (Å²) in [6.45, 7) is 4.05. The Morgan fingerprint density at radius 1 is 1.12 bits per heavy atom. The molecule has 1 amide bonds. The van der Waals surface area contributed by atoms with Crippen molar-refractivity contribution in [3.05, 3.63) is 24.3 Å². The van der Waals surface area contributed by atoms with Crippen molar-refractivity contribution in [1.82, 2.24) is 4.72 Å². The first-order chi connectivity index (χ1) is 12.3. The summed E-state index contributed by atoms with van der Waals surface area (Å²) in [4.78, 5) is 12.2. The SMILES string of the molecule is C[C@@H]1C[C@@H]1C(=O)Nc1ccc(S(=O)(=O)N[C@@H](C)[C@@H]2C[C@H]3CC[C@H]2C3)cc1. The molecule has 6 heteroatoms. The number of fused-ring (bicyclic) bond motifs is 2. The molecule has 3 saturated carbocycles. The number of benzene rings is 1. The molecule has 0 aliphatic heterocycles. The Labute approximate surface area is 156 Å². The number of carbonyl (C=O) groups excluding carboxylic acids is 1. The average Bonchev–Trinajstić information content (AvgIpc) is 3.01. The van der Waals surface area contributed by atoms with E-state index < -0.39 is 10.0 Å². The third-order valence-electron chi connectivity index (χ3n) is 6.65. The van der Waals surface area contributed by atoms with E-state index in [1.165, 1.54) is 19.3 Å². The fraction of sp³-hybridized carbons (Fsp3) is 0.650. The van der Waals surface area contributed by atoms with Crippen molar-refractivity contribution in [2.45, 2.75) is 56.9 Å². The second-order valence-corrected chi connectivity index (χ2v) is 10.3. The lowest BCUT2D eigenvalue weighted by molar-refractivity contribution is -0.117. The van der Waals surface area contributed by atoms with Crippen LogP contribution in [0.15, 0.2) is 29.2 Å². The van der Waals surface area contributed by atoms with Crippen LogP contribution in [0.1, 0.15) is 46.0 Å². The predicted octanol–water partition coefficient (Wildman–Crippen LogP) is 3.38. The second kappa shape index (κ2) is 6.64. The largest absolute Gasteiger partial charge is 0.326 e.